The summed E-state index contributed by atoms with van der Waals surface area (Å²) in [6.45, 7) is 2.96. The van der Waals surface area contributed by atoms with Crippen LogP contribution in [0.4, 0.5) is 24.8 Å². The lowest BCUT2D eigenvalue weighted by atomic mass is 10.0. The highest BCUT2D eigenvalue weighted by molar-refractivity contribution is 5.56. The third-order valence-electron chi connectivity index (χ3n) is 2.33. The number of aromatic nitrogens is 2. The van der Waals surface area contributed by atoms with E-state index in [-0.39, 0.29) is 17.6 Å². The first kappa shape index (κ1) is 14.5. The summed E-state index contributed by atoms with van der Waals surface area (Å²) in [6, 6.07) is 0. The molecule has 4 N–H and O–H groups in total. The molecule has 0 saturated heterocycles. The minimum Gasteiger partial charge on any atom is -0.383 e. The first-order valence-corrected chi connectivity index (χ1v) is 5.32. The third-order valence-corrected chi connectivity index (χ3v) is 2.33. The molecule has 102 valence electrons. The first-order chi connectivity index (χ1) is 8.23. The number of anilines is 2. The largest absolute Gasteiger partial charge is 0.416 e. The standard InChI is InChI=1S/C10H15F3N4O/c1-5(2)7-8(14)16-4-17-9(7)15-3-6(18)10(11,12)13/h4-6,18H,3H2,1-2H3,(H3,14,15,16,17). The molecule has 0 amide bonds. The second kappa shape index (κ2) is 5.38. The summed E-state index contributed by atoms with van der Waals surface area (Å²) in [5.74, 6) is 0.376. The SMILES string of the molecule is CC(C)c1c(N)ncnc1NCC(O)C(F)(F)F. The quantitative estimate of drug-likeness (QED) is 0.767. The van der Waals surface area contributed by atoms with Crippen molar-refractivity contribution < 1.29 is 18.3 Å². The molecule has 0 saturated carbocycles. The van der Waals surface area contributed by atoms with Crippen LogP contribution in [0.25, 0.3) is 0 Å². The summed E-state index contributed by atoms with van der Waals surface area (Å²) < 4.78 is 36.4. The summed E-state index contributed by atoms with van der Waals surface area (Å²) in [7, 11) is 0. The molecule has 1 aromatic heterocycles. The van der Waals surface area contributed by atoms with Crippen LogP contribution in [-0.2, 0) is 0 Å². The highest BCUT2D eigenvalue weighted by atomic mass is 19.4. The third kappa shape index (κ3) is 3.46. The molecular formula is C10H15F3N4O. The molecule has 1 rings (SSSR count). The topological polar surface area (TPSA) is 84.1 Å². The maximum absolute atomic E-state index is 12.1. The van der Waals surface area contributed by atoms with Crippen molar-refractivity contribution in [1.29, 1.82) is 0 Å². The number of hydrogen-bond acceptors (Lipinski definition) is 5. The number of aliphatic hydroxyl groups is 1. The van der Waals surface area contributed by atoms with Crippen LogP contribution in [0, 0.1) is 0 Å². The lowest BCUT2D eigenvalue weighted by molar-refractivity contribution is -0.198. The van der Waals surface area contributed by atoms with Crippen LogP contribution in [0.15, 0.2) is 6.33 Å². The number of nitrogens with two attached hydrogens (primary N) is 1. The molecule has 5 nitrogen and oxygen atoms in total. The fraction of sp³-hybridized carbons (Fsp3) is 0.600. The summed E-state index contributed by atoms with van der Waals surface area (Å²) >= 11 is 0. The van der Waals surface area contributed by atoms with Gasteiger partial charge in [-0.05, 0) is 5.92 Å². The van der Waals surface area contributed by atoms with E-state index in [4.69, 9.17) is 10.8 Å². The zero-order chi connectivity index (χ0) is 13.9. The van der Waals surface area contributed by atoms with Crippen molar-refractivity contribution in [1.82, 2.24) is 9.97 Å². The molecule has 0 fully saturated rings. The fourth-order valence-electron chi connectivity index (χ4n) is 1.43. The Morgan fingerprint density at radius 2 is 2.00 bits per heavy atom. The monoisotopic (exact) mass is 264 g/mol. The van der Waals surface area contributed by atoms with Gasteiger partial charge in [0.15, 0.2) is 6.10 Å². The Kier molecular flexibility index (Phi) is 4.33. The molecule has 0 aliphatic heterocycles. The lowest BCUT2D eigenvalue weighted by Crippen LogP contribution is -2.35. The average molecular weight is 264 g/mol. The first-order valence-electron chi connectivity index (χ1n) is 5.32. The molecule has 0 radical (unpaired) electrons. The number of halogens is 3. The molecule has 0 spiro atoms. The molecule has 1 unspecified atom stereocenters. The number of nitrogens with one attached hydrogen (secondary N) is 1. The predicted molar refractivity (Wildman–Crippen MR) is 61.1 cm³/mol. The highest BCUT2D eigenvalue weighted by Crippen LogP contribution is 2.27. The molecule has 0 aliphatic carbocycles. The van der Waals surface area contributed by atoms with Gasteiger partial charge in [-0.1, -0.05) is 13.8 Å². The van der Waals surface area contributed by atoms with E-state index in [1.165, 1.54) is 0 Å². The van der Waals surface area contributed by atoms with Crippen molar-refractivity contribution in [3.63, 3.8) is 0 Å². The summed E-state index contributed by atoms with van der Waals surface area (Å²) in [4.78, 5) is 7.61. The van der Waals surface area contributed by atoms with Gasteiger partial charge >= 0.3 is 6.18 Å². The van der Waals surface area contributed by atoms with E-state index >= 15 is 0 Å². The van der Waals surface area contributed by atoms with Crippen LogP contribution >= 0.6 is 0 Å². The van der Waals surface area contributed by atoms with E-state index in [1.54, 1.807) is 0 Å². The van der Waals surface area contributed by atoms with Crippen LogP contribution in [0.1, 0.15) is 25.3 Å². The molecule has 18 heavy (non-hydrogen) atoms. The van der Waals surface area contributed by atoms with E-state index in [2.05, 4.69) is 15.3 Å². The van der Waals surface area contributed by atoms with Gasteiger partial charge in [-0.2, -0.15) is 13.2 Å². The molecule has 0 aliphatic rings. The van der Waals surface area contributed by atoms with E-state index in [0.717, 1.165) is 6.33 Å². The Morgan fingerprint density at radius 1 is 1.39 bits per heavy atom. The lowest BCUT2D eigenvalue weighted by Gasteiger charge is -2.18. The van der Waals surface area contributed by atoms with Crippen molar-refractivity contribution >= 4 is 11.6 Å². The van der Waals surface area contributed by atoms with Crippen LogP contribution in [0.2, 0.25) is 0 Å². The zero-order valence-electron chi connectivity index (χ0n) is 9.99. The van der Waals surface area contributed by atoms with Gasteiger partial charge in [0, 0.05) is 5.56 Å². The Morgan fingerprint density at radius 3 is 2.50 bits per heavy atom. The Balaban J connectivity index is 2.83. The van der Waals surface area contributed by atoms with E-state index in [9.17, 15) is 13.2 Å². The van der Waals surface area contributed by atoms with E-state index in [0.29, 0.717) is 5.56 Å². The van der Waals surface area contributed by atoms with Crippen molar-refractivity contribution in [3.05, 3.63) is 11.9 Å². The van der Waals surface area contributed by atoms with Crippen molar-refractivity contribution in [2.45, 2.75) is 32.0 Å². The molecule has 8 heteroatoms. The molecule has 1 aromatic rings. The predicted octanol–water partition coefficient (Wildman–Crippen LogP) is 1.52. The summed E-state index contributed by atoms with van der Waals surface area (Å²) in [5.41, 5.74) is 6.17. The highest BCUT2D eigenvalue weighted by Gasteiger charge is 2.38. The molecule has 1 heterocycles. The van der Waals surface area contributed by atoms with Crippen molar-refractivity contribution in [2.75, 3.05) is 17.6 Å². The van der Waals surface area contributed by atoms with Gasteiger partial charge in [-0.3, -0.25) is 0 Å². The van der Waals surface area contributed by atoms with Gasteiger partial charge in [0.05, 0.1) is 6.54 Å². The van der Waals surface area contributed by atoms with Crippen molar-refractivity contribution in [2.24, 2.45) is 0 Å². The Labute approximate surface area is 102 Å². The number of alkyl halides is 3. The minimum absolute atomic E-state index is 0.0447. The van der Waals surface area contributed by atoms with Gasteiger partial charge in [0.1, 0.15) is 18.0 Å². The number of rotatable bonds is 4. The smallest absolute Gasteiger partial charge is 0.383 e. The van der Waals surface area contributed by atoms with Gasteiger partial charge < -0.3 is 16.2 Å². The minimum atomic E-state index is -4.66. The zero-order valence-corrected chi connectivity index (χ0v) is 9.99. The van der Waals surface area contributed by atoms with Crippen LogP contribution in [0.3, 0.4) is 0 Å². The van der Waals surface area contributed by atoms with Gasteiger partial charge in [0.25, 0.3) is 0 Å². The maximum atomic E-state index is 12.1. The Hall–Kier alpha value is -1.57. The van der Waals surface area contributed by atoms with Crippen molar-refractivity contribution in [3.8, 4) is 0 Å². The molecule has 1 atom stereocenters. The second-order valence-corrected chi connectivity index (χ2v) is 4.11. The average Bonchev–Trinajstić information content (AvgIpc) is 2.23. The normalized spacial score (nSPS) is 13.7. The van der Waals surface area contributed by atoms with Crippen LogP contribution in [0.5, 0.6) is 0 Å². The maximum Gasteiger partial charge on any atom is 0.416 e. The van der Waals surface area contributed by atoms with Crippen LogP contribution in [-0.4, -0.2) is 33.9 Å². The molecule has 0 bridgehead atoms. The summed E-state index contributed by atoms with van der Waals surface area (Å²) in [6.07, 6.45) is -5.96. The summed E-state index contributed by atoms with van der Waals surface area (Å²) in [5, 5.41) is 11.3. The van der Waals surface area contributed by atoms with Gasteiger partial charge in [0.2, 0.25) is 0 Å². The number of nitrogens with zero attached hydrogens (tertiary/aromatic N) is 2. The number of hydrogen-bond donors (Lipinski definition) is 3. The number of aliphatic hydroxyl groups excluding tert-OH is 1. The van der Waals surface area contributed by atoms with E-state index in [1.807, 2.05) is 13.8 Å². The number of nitrogen functional groups attached to an aromatic ring is 1. The van der Waals surface area contributed by atoms with E-state index < -0.39 is 18.8 Å². The van der Waals surface area contributed by atoms with Gasteiger partial charge in [-0.15, -0.1) is 0 Å². The molecular weight excluding hydrogens is 249 g/mol. The van der Waals surface area contributed by atoms with Crippen LogP contribution < -0.4 is 11.1 Å². The second-order valence-electron chi connectivity index (χ2n) is 4.11. The molecule has 0 aromatic carbocycles. The fourth-order valence-corrected chi connectivity index (χ4v) is 1.43. The van der Waals surface area contributed by atoms with Gasteiger partial charge in [-0.25, -0.2) is 9.97 Å². The Bertz CT molecular complexity index is 409.